The lowest BCUT2D eigenvalue weighted by Crippen LogP contribution is -2.35. The monoisotopic (exact) mass is 181 g/mol. The van der Waals surface area contributed by atoms with Gasteiger partial charge in [-0.2, -0.15) is 0 Å². The third kappa shape index (κ3) is 1.91. The number of carboxylic acid groups (broad SMARTS) is 1. The first-order chi connectivity index (χ1) is 6.25. The fraction of sp³-hybridized carbons (Fsp3) is 0.700. The van der Waals surface area contributed by atoms with E-state index in [2.05, 4.69) is 4.90 Å². The highest BCUT2D eigenvalue weighted by Crippen LogP contribution is 2.29. The van der Waals surface area contributed by atoms with E-state index in [1.165, 1.54) is 25.5 Å². The maximum Gasteiger partial charge on any atom is 0.328 e. The quantitative estimate of drug-likeness (QED) is 0.619. The summed E-state index contributed by atoms with van der Waals surface area (Å²) in [5, 5.41) is 8.62. The Morgan fingerprint density at radius 1 is 1.54 bits per heavy atom. The Morgan fingerprint density at radius 3 is 3.15 bits per heavy atom. The average Bonchev–Trinajstić information content (AvgIpc) is 2.49. The Bertz CT molecular complexity index is 247. The van der Waals surface area contributed by atoms with Crippen molar-refractivity contribution in [2.24, 2.45) is 0 Å². The zero-order valence-electron chi connectivity index (χ0n) is 7.70. The summed E-state index contributed by atoms with van der Waals surface area (Å²) in [6.07, 6.45) is 5.85. The Hall–Kier alpha value is -0.830. The van der Waals surface area contributed by atoms with Crippen LogP contribution in [0.15, 0.2) is 11.6 Å². The minimum Gasteiger partial charge on any atom is -0.478 e. The second-order valence-electron chi connectivity index (χ2n) is 3.93. The van der Waals surface area contributed by atoms with Gasteiger partial charge in [0.2, 0.25) is 0 Å². The van der Waals surface area contributed by atoms with Gasteiger partial charge in [0.15, 0.2) is 0 Å². The standard InChI is InChI=1S/C10H15NO2/c12-10(13)7-8-3-5-11-4-1-2-9(11)6-8/h7,9H,1-6H2,(H,12,13)/b8-7-. The highest BCUT2D eigenvalue weighted by molar-refractivity contribution is 5.80. The van der Waals surface area contributed by atoms with Gasteiger partial charge in [-0.15, -0.1) is 0 Å². The average molecular weight is 181 g/mol. The molecule has 2 aliphatic rings. The summed E-state index contributed by atoms with van der Waals surface area (Å²) >= 11 is 0. The molecule has 0 aromatic carbocycles. The summed E-state index contributed by atoms with van der Waals surface area (Å²) in [7, 11) is 0. The van der Waals surface area contributed by atoms with Gasteiger partial charge in [0.05, 0.1) is 0 Å². The smallest absolute Gasteiger partial charge is 0.328 e. The number of carbonyl (C=O) groups is 1. The molecule has 1 unspecified atom stereocenters. The van der Waals surface area contributed by atoms with Crippen LogP contribution < -0.4 is 0 Å². The van der Waals surface area contributed by atoms with Crippen molar-refractivity contribution < 1.29 is 9.90 Å². The maximum absolute atomic E-state index is 10.5. The predicted molar refractivity (Wildman–Crippen MR) is 49.5 cm³/mol. The van der Waals surface area contributed by atoms with Crippen molar-refractivity contribution in [1.82, 2.24) is 4.90 Å². The van der Waals surface area contributed by atoms with Crippen molar-refractivity contribution in [3.05, 3.63) is 11.6 Å². The molecule has 0 aromatic rings. The van der Waals surface area contributed by atoms with Crippen molar-refractivity contribution in [2.75, 3.05) is 13.1 Å². The van der Waals surface area contributed by atoms with E-state index in [-0.39, 0.29) is 0 Å². The third-order valence-electron chi connectivity index (χ3n) is 3.04. The number of aliphatic carboxylic acids is 1. The molecule has 0 spiro atoms. The zero-order chi connectivity index (χ0) is 9.26. The van der Waals surface area contributed by atoms with Crippen LogP contribution in [0.2, 0.25) is 0 Å². The van der Waals surface area contributed by atoms with Crippen LogP contribution in [0.25, 0.3) is 0 Å². The number of piperidine rings is 1. The Labute approximate surface area is 78.0 Å². The molecular formula is C10H15NO2. The van der Waals surface area contributed by atoms with Crippen molar-refractivity contribution in [3.8, 4) is 0 Å². The van der Waals surface area contributed by atoms with Crippen LogP contribution in [0.3, 0.4) is 0 Å². The maximum atomic E-state index is 10.5. The molecule has 2 fully saturated rings. The summed E-state index contributed by atoms with van der Waals surface area (Å²) in [5.41, 5.74) is 1.12. The van der Waals surface area contributed by atoms with Gasteiger partial charge in [0.25, 0.3) is 0 Å². The number of nitrogens with zero attached hydrogens (tertiary/aromatic N) is 1. The number of hydrogen-bond acceptors (Lipinski definition) is 2. The molecule has 0 amide bonds. The Balaban J connectivity index is 2.00. The summed E-state index contributed by atoms with van der Waals surface area (Å²) < 4.78 is 0. The van der Waals surface area contributed by atoms with E-state index in [9.17, 15) is 4.79 Å². The van der Waals surface area contributed by atoms with E-state index in [1.807, 2.05) is 0 Å². The minimum atomic E-state index is -0.790. The molecule has 0 bridgehead atoms. The van der Waals surface area contributed by atoms with E-state index in [4.69, 9.17) is 5.11 Å². The fourth-order valence-electron chi connectivity index (χ4n) is 2.42. The van der Waals surface area contributed by atoms with Gasteiger partial charge in [0.1, 0.15) is 0 Å². The molecule has 3 nitrogen and oxygen atoms in total. The van der Waals surface area contributed by atoms with Crippen molar-refractivity contribution in [1.29, 1.82) is 0 Å². The molecule has 1 N–H and O–H groups in total. The highest BCUT2D eigenvalue weighted by atomic mass is 16.4. The largest absolute Gasteiger partial charge is 0.478 e. The van der Waals surface area contributed by atoms with Gasteiger partial charge in [-0.25, -0.2) is 4.79 Å². The van der Waals surface area contributed by atoms with Crippen LogP contribution in [0, 0.1) is 0 Å². The highest BCUT2D eigenvalue weighted by Gasteiger charge is 2.28. The first kappa shape index (κ1) is 8.75. The molecule has 2 saturated heterocycles. The van der Waals surface area contributed by atoms with Crippen molar-refractivity contribution in [2.45, 2.75) is 31.7 Å². The molecule has 0 aromatic heterocycles. The normalized spacial score (nSPS) is 32.0. The molecule has 3 heteroatoms. The van der Waals surface area contributed by atoms with E-state index in [0.29, 0.717) is 6.04 Å². The molecule has 13 heavy (non-hydrogen) atoms. The summed E-state index contributed by atoms with van der Waals surface area (Å²) in [4.78, 5) is 13.0. The summed E-state index contributed by atoms with van der Waals surface area (Å²) in [6.45, 7) is 2.27. The van der Waals surface area contributed by atoms with E-state index in [0.717, 1.165) is 25.0 Å². The molecule has 0 radical (unpaired) electrons. The summed E-state index contributed by atoms with van der Waals surface area (Å²) in [5.74, 6) is -0.790. The van der Waals surface area contributed by atoms with Gasteiger partial charge >= 0.3 is 5.97 Å². The van der Waals surface area contributed by atoms with Crippen LogP contribution in [0.1, 0.15) is 25.7 Å². The zero-order valence-corrected chi connectivity index (χ0v) is 7.70. The number of fused-ring (bicyclic) bond motifs is 1. The second-order valence-corrected chi connectivity index (χ2v) is 3.93. The molecule has 0 aliphatic carbocycles. The molecule has 2 rings (SSSR count). The molecule has 72 valence electrons. The van der Waals surface area contributed by atoms with Gasteiger partial charge in [-0.3, -0.25) is 4.90 Å². The molecule has 2 aliphatic heterocycles. The lowest BCUT2D eigenvalue weighted by molar-refractivity contribution is -0.131. The number of hydrogen-bond donors (Lipinski definition) is 1. The molecule has 0 saturated carbocycles. The van der Waals surface area contributed by atoms with Gasteiger partial charge < -0.3 is 5.11 Å². The lowest BCUT2D eigenvalue weighted by atomic mass is 9.97. The van der Waals surface area contributed by atoms with Crippen LogP contribution in [0.4, 0.5) is 0 Å². The second kappa shape index (κ2) is 3.50. The van der Waals surface area contributed by atoms with Crippen LogP contribution in [-0.2, 0) is 4.79 Å². The fourth-order valence-corrected chi connectivity index (χ4v) is 2.42. The number of rotatable bonds is 1. The Morgan fingerprint density at radius 2 is 2.38 bits per heavy atom. The third-order valence-corrected chi connectivity index (χ3v) is 3.04. The SMILES string of the molecule is O=C(O)/C=C1/CCN2CCCC2C1. The lowest BCUT2D eigenvalue weighted by Gasteiger charge is -2.30. The van der Waals surface area contributed by atoms with Crippen LogP contribution in [0.5, 0.6) is 0 Å². The van der Waals surface area contributed by atoms with Crippen molar-refractivity contribution in [3.63, 3.8) is 0 Å². The van der Waals surface area contributed by atoms with Gasteiger partial charge in [-0.05, 0) is 32.2 Å². The van der Waals surface area contributed by atoms with Gasteiger partial charge in [-0.1, -0.05) is 5.57 Å². The molecule has 2 heterocycles. The Kier molecular flexibility index (Phi) is 2.36. The topological polar surface area (TPSA) is 40.5 Å². The molecule has 1 atom stereocenters. The first-order valence-corrected chi connectivity index (χ1v) is 4.92. The van der Waals surface area contributed by atoms with Crippen molar-refractivity contribution >= 4 is 5.97 Å². The first-order valence-electron chi connectivity index (χ1n) is 4.92. The van der Waals surface area contributed by atoms with E-state index in [1.54, 1.807) is 0 Å². The van der Waals surface area contributed by atoms with E-state index >= 15 is 0 Å². The van der Waals surface area contributed by atoms with Gasteiger partial charge in [0, 0.05) is 18.7 Å². The predicted octanol–water partition coefficient (Wildman–Crippen LogP) is 1.26. The van der Waals surface area contributed by atoms with Crippen LogP contribution >= 0.6 is 0 Å². The van der Waals surface area contributed by atoms with E-state index < -0.39 is 5.97 Å². The van der Waals surface area contributed by atoms with Crippen LogP contribution in [-0.4, -0.2) is 35.1 Å². The number of carboxylic acids is 1. The molecular weight excluding hydrogens is 166 g/mol. The summed E-state index contributed by atoms with van der Waals surface area (Å²) in [6, 6.07) is 0.638. The minimum absolute atomic E-state index is 0.638.